The van der Waals surface area contributed by atoms with Crippen LogP contribution in [0.25, 0.3) is 0 Å². The van der Waals surface area contributed by atoms with Crippen LogP contribution < -0.4 is 4.72 Å². The van der Waals surface area contributed by atoms with Crippen LogP contribution >= 0.6 is 11.6 Å². The number of hydrogen-bond donors (Lipinski definition) is 2. The van der Waals surface area contributed by atoms with Gasteiger partial charge in [-0.2, -0.15) is 0 Å². The Hall–Kier alpha value is -2.05. The molecule has 7 heteroatoms. The summed E-state index contributed by atoms with van der Waals surface area (Å²) in [6, 6.07) is 11.3. The highest BCUT2D eigenvalue weighted by Gasteiger charge is 2.17. The Morgan fingerprint density at radius 1 is 1.05 bits per heavy atom. The first-order valence-corrected chi connectivity index (χ1v) is 7.37. The van der Waals surface area contributed by atoms with E-state index in [-0.39, 0.29) is 16.1 Å². The quantitative estimate of drug-likeness (QED) is 0.909. The van der Waals surface area contributed by atoms with Crippen molar-refractivity contribution in [3.05, 3.63) is 59.1 Å². The Kier molecular flexibility index (Phi) is 3.96. The number of sulfonamides is 1. The summed E-state index contributed by atoms with van der Waals surface area (Å²) in [7, 11) is -3.86. The smallest absolute Gasteiger partial charge is 0.337 e. The topological polar surface area (TPSA) is 83.5 Å². The van der Waals surface area contributed by atoms with Gasteiger partial charge in [-0.1, -0.05) is 23.7 Å². The van der Waals surface area contributed by atoms with E-state index in [2.05, 4.69) is 4.72 Å². The molecular formula is C13H10ClNO4S. The lowest BCUT2D eigenvalue weighted by Gasteiger charge is -2.10. The van der Waals surface area contributed by atoms with Gasteiger partial charge in [0.25, 0.3) is 10.0 Å². The van der Waals surface area contributed by atoms with Gasteiger partial charge < -0.3 is 5.11 Å². The van der Waals surface area contributed by atoms with E-state index in [1.165, 1.54) is 42.5 Å². The molecule has 0 spiro atoms. The maximum Gasteiger partial charge on any atom is 0.337 e. The molecular weight excluding hydrogens is 302 g/mol. The molecule has 0 saturated heterocycles. The van der Waals surface area contributed by atoms with Crippen molar-refractivity contribution in [1.29, 1.82) is 0 Å². The van der Waals surface area contributed by atoms with Gasteiger partial charge in [0.2, 0.25) is 0 Å². The highest BCUT2D eigenvalue weighted by atomic mass is 35.5. The molecule has 0 bridgehead atoms. The molecule has 0 aliphatic rings. The summed E-state index contributed by atoms with van der Waals surface area (Å²) >= 11 is 5.70. The predicted molar refractivity (Wildman–Crippen MR) is 75.7 cm³/mol. The van der Waals surface area contributed by atoms with Gasteiger partial charge >= 0.3 is 5.97 Å². The highest BCUT2D eigenvalue weighted by molar-refractivity contribution is 7.92. The maximum atomic E-state index is 12.1. The van der Waals surface area contributed by atoms with Gasteiger partial charge in [0.05, 0.1) is 16.1 Å². The molecule has 0 heterocycles. The Balaban J connectivity index is 2.38. The lowest BCUT2D eigenvalue weighted by molar-refractivity contribution is 0.0698. The minimum Gasteiger partial charge on any atom is -0.478 e. The Morgan fingerprint density at radius 3 is 2.25 bits per heavy atom. The molecule has 0 radical (unpaired) electrons. The fraction of sp³-hybridized carbons (Fsp3) is 0. The van der Waals surface area contributed by atoms with Gasteiger partial charge in [0.15, 0.2) is 0 Å². The number of aromatic carboxylic acids is 1. The van der Waals surface area contributed by atoms with Crippen LogP contribution in [0.5, 0.6) is 0 Å². The summed E-state index contributed by atoms with van der Waals surface area (Å²) in [5, 5.41) is 9.43. The zero-order chi connectivity index (χ0) is 14.8. The number of nitrogens with one attached hydrogen (secondary N) is 1. The standard InChI is InChI=1S/C13H10ClNO4S/c14-9-5-7-10(8-6-9)20(18,19)15-12-4-2-1-3-11(12)13(16)17/h1-8,15H,(H,16,17). The van der Waals surface area contributed by atoms with Crippen molar-refractivity contribution in [2.75, 3.05) is 4.72 Å². The first-order valence-electron chi connectivity index (χ1n) is 5.51. The zero-order valence-corrected chi connectivity index (χ0v) is 11.6. The normalized spacial score (nSPS) is 11.1. The average molecular weight is 312 g/mol. The molecule has 0 aromatic heterocycles. The molecule has 0 aliphatic carbocycles. The molecule has 2 aromatic rings. The number of halogens is 1. The van der Waals surface area contributed by atoms with Gasteiger partial charge in [-0.25, -0.2) is 13.2 Å². The third-order valence-corrected chi connectivity index (χ3v) is 4.16. The molecule has 0 amide bonds. The molecule has 0 unspecified atom stereocenters. The number of carboxylic acid groups (broad SMARTS) is 1. The van der Waals surface area contributed by atoms with Crippen LogP contribution in [-0.2, 0) is 10.0 Å². The highest BCUT2D eigenvalue weighted by Crippen LogP contribution is 2.21. The monoisotopic (exact) mass is 311 g/mol. The summed E-state index contributed by atoms with van der Waals surface area (Å²) < 4.78 is 26.5. The van der Waals surface area contributed by atoms with E-state index in [0.717, 1.165) is 0 Å². The number of hydrogen-bond acceptors (Lipinski definition) is 3. The zero-order valence-electron chi connectivity index (χ0n) is 10.1. The molecule has 20 heavy (non-hydrogen) atoms. The summed E-state index contributed by atoms with van der Waals surface area (Å²) in [6.07, 6.45) is 0. The maximum absolute atomic E-state index is 12.1. The number of rotatable bonds is 4. The number of benzene rings is 2. The van der Waals surface area contributed by atoms with Crippen molar-refractivity contribution in [3.8, 4) is 0 Å². The summed E-state index contributed by atoms with van der Waals surface area (Å²) in [4.78, 5) is 11.0. The van der Waals surface area contributed by atoms with Crippen LogP contribution in [-0.4, -0.2) is 19.5 Å². The van der Waals surface area contributed by atoms with Crippen LogP contribution in [0.3, 0.4) is 0 Å². The van der Waals surface area contributed by atoms with Gasteiger partial charge in [0, 0.05) is 5.02 Å². The predicted octanol–water partition coefficient (Wildman–Crippen LogP) is 2.84. The fourth-order valence-corrected chi connectivity index (χ4v) is 2.78. The molecule has 104 valence electrons. The van der Waals surface area contributed by atoms with Crippen molar-refractivity contribution in [3.63, 3.8) is 0 Å². The Morgan fingerprint density at radius 2 is 1.65 bits per heavy atom. The second-order valence-corrected chi connectivity index (χ2v) is 6.03. The molecule has 5 nitrogen and oxygen atoms in total. The molecule has 2 aromatic carbocycles. The number of para-hydroxylation sites is 1. The van der Waals surface area contributed by atoms with Crippen LogP contribution in [0, 0.1) is 0 Å². The minimum atomic E-state index is -3.86. The first-order chi connectivity index (χ1) is 9.40. The molecule has 2 N–H and O–H groups in total. The van der Waals surface area contributed by atoms with Crippen LogP contribution in [0.2, 0.25) is 5.02 Å². The van der Waals surface area contributed by atoms with E-state index < -0.39 is 16.0 Å². The fourth-order valence-electron chi connectivity index (χ4n) is 1.58. The molecule has 0 aliphatic heterocycles. The molecule has 0 fully saturated rings. The van der Waals surface area contributed by atoms with Crippen molar-refractivity contribution in [2.45, 2.75) is 4.90 Å². The lowest BCUT2D eigenvalue weighted by Crippen LogP contribution is -2.15. The van der Waals surface area contributed by atoms with Crippen molar-refractivity contribution >= 4 is 33.3 Å². The van der Waals surface area contributed by atoms with Crippen molar-refractivity contribution in [1.82, 2.24) is 0 Å². The first kappa shape index (κ1) is 14.4. The third kappa shape index (κ3) is 3.09. The van der Waals surface area contributed by atoms with Gasteiger partial charge in [-0.05, 0) is 36.4 Å². The summed E-state index contributed by atoms with van der Waals surface area (Å²) in [5.74, 6) is -1.21. The van der Waals surface area contributed by atoms with E-state index in [1.54, 1.807) is 6.07 Å². The summed E-state index contributed by atoms with van der Waals surface area (Å²) in [5.41, 5.74) is -0.111. The third-order valence-electron chi connectivity index (χ3n) is 2.53. The SMILES string of the molecule is O=C(O)c1ccccc1NS(=O)(=O)c1ccc(Cl)cc1. The van der Waals surface area contributed by atoms with Crippen LogP contribution in [0.4, 0.5) is 5.69 Å². The van der Waals surface area contributed by atoms with E-state index in [0.29, 0.717) is 5.02 Å². The average Bonchev–Trinajstić information content (AvgIpc) is 2.39. The van der Waals surface area contributed by atoms with Crippen molar-refractivity contribution < 1.29 is 18.3 Å². The second-order valence-electron chi connectivity index (χ2n) is 3.91. The van der Waals surface area contributed by atoms with E-state index in [1.807, 2.05) is 0 Å². The second kappa shape index (κ2) is 5.52. The van der Waals surface area contributed by atoms with E-state index >= 15 is 0 Å². The largest absolute Gasteiger partial charge is 0.478 e. The number of carbonyl (C=O) groups is 1. The van der Waals surface area contributed by atoms with Gasteiger partial charge in [-0.3, -0.25) is 4.72 Å². The van der Waals surface area contributed by atoms with Crippen molar-refractivity contribution in [2.24, 2.45) is 0 Å². The van der Waals surface area contributed by atoms with Crippen LogP contribution in [0.1, 0.15) is 10.4 Å². The minimum absolute atomic E-state index is 0.00194. The van der Waals surface area contributed by atoms with Crippen LogP contribution in [0.15, 0.2) is 53.4 Å². The van der Waals surface area contributed by atoms with Gasteiger partial charge in [-0.15, -0.1) is 0 Å². The number of carboxylic acids is 1. The summed E-state index contributed by atoms with van der Waals surface area (Å²) in [6.45, 7) is 0. The lowest BCUT2D eigenvalue weighted by atomic mass is 10.2. The molecule has 0 saturated carbocycles. The Bertz CT molecular complexity index is 741. The molecule has 0 atom stereocenters. The number of anilines is 1. The van der Waals surface area contributed by atoms with E-state index in [4.69, 9.17) is 16.7 Å². The Labute approximate surface area is 120 Å². The molecule has 2 rings (SSSR count). The van der Waals surface area contributed by atoms with Gasteiger partial charge in [0.1, 0.15) is 0 Å². The van der Waals surface area contributed by atoms with E-state index in [9.17, 15) is 13.2 Å².